The number of furan rings is 1. The van der Waals surface area contributed by atoms with E-state index in [-0.39, 0.29) is 12.7 Å². The van der Waals surface area contributed by atoms with Crippen LogP contribution in [0.25, 0.3) is 0 Å². The summed E-state index contributed by atoms with van der Waals surface area (Å²) in [6.07, 6.45) is 1.63. The summed E-state index contributed by atoms with van der Waals surface area (Å²) in [7, 11) is 0. The van der Waals surface area contributed by atoms with Crippen molar-refractivity contribution in [1.82, 2.24) is 5.32 Å². The van der Waals surface area contributed by atoms with Crippen molar-refractivity contribution in [2.45, 2.75) is 12.3 Å². The van der Waals surface area contributed by atoms with E-state index in [0.717, 1.165) is 22.8 Å². The molecule has 1 aliphatic rings. The largest absolute Gasteiger partial charge is 0.468 e. The van der Waals surface area contributed by atoms with Crippen molar-refractivity contribution >= 4 is 17.7 Å². The predicted octanol–water partition coefficient (Wildman–Crippen LogP) is 2.56. The molecule has 21 heavy (non-hydrogen) atoms. The molecule has 110 valence electrons. The molecule has 0 unspecified atom stereocenters. The Morgan fingerprint density at radius 2 is 2.14 bits per heavy atom. The lowest BCUT2D eigenvalue weighted by molar-refractivity contribution is -0.118. The molecule has 1 aromatic heterocycles. The van der Waals surface area contributed by atoms with E-state index in [1.807, 2.05) is 30.3 Å². The highest BCUT2D eigenvalue weighted by Crippen LogP contribution is 2.32. The number of thioether (sulfide) groups is 1. The Kier molecular flexibility index (Phi) is 4.35. The molecule has 2 aromatic rings. The maximum atomic E-state index is 11.8. The molecule has 0 saturated carbocycles. The number of hydrogen-bond donors (Lipinski definition) is 1. The van der Waals surface area contributed by atoms with Crippen molar-refractivity contribution in [1.29, 1.82) is 0 Å². The van der Waals surface area contributed by atoms with Crippen LogP contribution in [0.2, 0.25) is 0 Å². The van der Waals surface area contributed by atoms with Crippen LogP contribution in [-0.2, 0) is 17.1 Å². The van der Waals surface area contributed by atoms with Crippen LogP contribution in [0.5, 0.6) is 11.5 Å². The molecule has 1 aromatic carbocycles. The molecule has 1 N–H and O–H groups in total. The van der Waals surface area contributed by atoms with E-state index in [0.29, 0.717) is 18.1 Å². The fraction of sp³-hybridized carbons (Fsp3) is 0.267. The van der Waals surface area contributed by atoms with Crippen molar-refractivity contribution in [2.24, 2.45) is 0 Å². The van der Waals surface area contributed by atoms with Gasteiger partial charge in [0.2, 0.25) is 12.7 Å². The number of rotatable bonds is 6. The van der Waals surface area contributed by atoms with Gasteiger partial charge in [-0.15, -0.1) is 11.8 Å². The maximum absolute atomic E-state index is 11.8. The van der Waals surface area contributed by atoms with E-state index >= 15 is 0 Å². The van der Waals surface area contributed by atoms with Gasteiger partial charge in [-0.3, -0.25) is 4.79 Å². The Hall–Kier alpha value is -2.08. The summed E-state index contributed by atoms with van der Waals surface area (Å²) in [5.41, 5.74) is 0.989. The standard InChI is InChI=1S/C15H15NO4S/c17-15(9-21-8-12-2-1-5-18-12)16-7-11-3-4-13-14(6-11)20-10-19-13/h1-6H,7-10H2,(H,16,17). The molecule has 0 fully saturated rings. The van der Waals surface area contributed by atoms with Gasteiger partial charge in [0.25, 0.3) is 0 Å². The zero-order valence-corrected chi connectivity index (χ0v) is 12.2. The number of benzene rings is 1. The second-order valence-electron chi connectivity index (χ2n) is 4.54. The number of carbonyl (C=O) groups is 1. The van der Waals surface area contributed by atoms with E-state index in [1.54, 1.807) is 6.26 Å². The highest BCUT2D eigenvalue weighted by atomic mass is 32.2. The fourth-order valence-electron chi connectivity index (χ4n) is 1.94. The van der Waals surface area contributed by atoms with E-state index < -0.39 is 0 Å². The van der Waals surface area contributed by atoms with Crippen LogP contribution >= 0.6 is 11.8 Å². The summed E-state index contributed by atoms with van der Waals surface area (Å²) >= 11 is 1.52. The third-order valence-electron chi connectivity index (χ3n) is 2.98. The first-order chi connectivity index (χ1) is 10.3. The number of hydrogen-bond acceptors (Lipinski definition) is 5. The number of fused-ring (bicyclic) bond motifs is 1. The average molecular weight is 305 g/mol. The maximum Gasteiger partial charge on any atom is 0.231 e. The molecule has 1 amide bonds. The molecule has 0 radical (unpaired) electrons. The monoisotopic (exact) mass is 305 g/mol. The molecule has 0 saturated heterocycles. The molecular weight excluding hydrogens is 290 g/mol. The fourth-order valence-corrected chi connectivity index (χ4v) is 2.70. The Morgan fingerprint density at radius 1 is 1.24 bits per heavy atom. The molecule has 0 bridgehead atoms. The minimum absolute atomic E-state index is 0.00391. The zero-order valence-electron chi connectivity index (χ0n) is 11.3. The summed E-state index contributed by atoms with van der Waals surface area (Å²) < 4.78 is 15.8. The number of amides is 1. The Balaban J connectivity index is 1.41. The van der Waals surface area contributed by atoms with Gasteiger partial charge in [0.05, 0.1) is 17.8 Å². The zero-order chi connectivity index (χ0) is 14.5. The highest BCUT2D eigenvalue weighted by Gasteiger charge is 2.13. The van der Waals surface area contributed by atoms with Crippen LogP contribution in [0, 0.1) is 0 Å². The van der Waals surface area contributed by atoms with Gasteiger partial charge < -0.3 is 19.2 Å². The van der Waals surface area contributed by atoms with Gasteiger partial charge in [-0.1, -0.05) is 6.07 Å². The third-order valence-corrected chi connectivity index (χ3v) is 3.94. The molecule has 3 rings (SSSR count). The van der Waals surface area contributed by atoms with Gasteiger partial charge in [-0.05, 0) is 29.8 Å². The van der Waals surface area contributed by atoms with Crippen LogP contribution in [0.1, 0.15) is 11.3 Å². The first kappa shape index (κ1) is 13.9. The topological polar surface area (TPSA) is 60.7 Å². The third kappa shape index (κ3) is 3.72. The lowest BCUT2D eigenvalue weighted by Crippen LogP contribution is -2.24. The molecular formula is C15H15NO4S. The SMILES string of the molecule is O=C(CSCc1ccco1)NCc1ccc2c(c1)OCO2. The van der Waals surface area contributed by atoms with Crippen LogP contribution in [0.3, 0.4) is 0 Å². The Morgan fingerprint density at radius 3 is 3.00 bits per heavy atom. The quantitative estimate of drug-likeness (QED) is 0.889. The smallest absolute Gasteiger partial charge is 0.231 e. The molecule has 0 aliphatic carbocycles. The molecule has 5 nitrogen and oxygen atoms in total. The number of carbonyl (C=O) groups excluding carboxylic acids is 1. The van der Waals surface area contributed by atoms with Gasteiger partial charge in [0.1, 0.15) is 5.76 Å². The molecule has 0 spiro atoms. The lowest BCUT2D eigenvalue weighted by atomic mass is 10.2. The summed E-state index contributed by atoms with van der Waals surface area (Å²) in [5, 5.41) is 2.88. The second-order valence-corrected chi connectivity index (χ2v) is 5.52. The van der Waals surface area contributed by atoms with E-state index in [4.69, 9.17) is 13.9 Å². The molecule has 0 atom stereocenters. The van der Waals surface area contributed by atoms with Crippen LogP contribution in [-0.4, -0.2) is 18.5 Å². The minimum Gasteiger partial charge on any atom is -0.468 e. The predicted molar refractivity (Wildman–Crippen MR) is 79.3 cm³/mol. The number of ether oxygens (including phenoxy) is 2. The first-order valence-corrected chi connectivity index (χ1v) is 7.72. The summed E-state index contributed by atoms with van der Waals surface area (Å²) in [5.74, 6) is 3.47. The van der Waals surface area contributed by atoms with Crippen molar-refractivity contribution in [3.63, 3.8) is 0 Å². The number of nitrogens with one attached hydrogen (secondary N) is 1. The summed E-state index contributed by atoms with van der Waals surface area (Å²) in [4.78, 5) is 11.8. The van der Waals surface area contributed by atoms with E-state index in [9.17, 15) is 4.79 Å². The summed E-state index contributed by atoms with van der Waals surface area (Å²) in [6, 6.07) is 9.41. The van der Waals surface area contributed by atoms with Crippen LogP contribution in [0.4, 0.5) is 0 Å². The van der Waals surface area contributed by atoms with Gasteiger partial charge in [0.15, 0.2) is 11.5 Å². The lowest BCUT2D eigenvalue weighted by Gasteiger charge is -2.06. The normalized spacial score (nSPS) is 12.4. The Labute approximate surface area is 126 Å². The van der Waals surface area contributed by atoms with Gasteiger partial charge in [0, 0.05) is 6.54 Å². The van der Waals surface area contributed by atoms with Crippen molar-refractivity contribution in [3.05, 3.63) is 47.9 Å². The minimum atomic E-state index is 0.00391. The first-order valence-electron chi connectivity index (χ1n) is 6.56. The van der Waals surface area contributed by atoms with Gasteiger partial charge in [-0.2, -0.15) is 0 Å². The van der Waals surface area contributed by atoms with Gasteiger partial charge in [-0.25, -0.2) is 0 Å². The van der Waals surface area contributed by atoms with Crippen LogP contribution < -0.4 is 14.8 Å². The van der Waals surface area contributed by atoms with Crippen LogP contribution in [0.15, 0.2) is 41.0 Å². The molecule has 6 heteroatoms. The van der Waals surface area contributed by atoms with E-state index in [2.05, 4.69) is 5.32 Å². The summed E-state index contributed by atoms with van der Waals surface area (Å²) in [6.45, 7) is 0.741. The molecule has 2 heterocycles. The molecule has 1 aliphatic heterocycles. The van der Waals surface area contributed by atoms with Crippen molar-refractivity contribution in [2.75, 3.05) is 12.5 Å². The Bertz CT molecular complexity index is 612. The average Bonchev–Trinajstić information content (AvgIpc) is 3.15. The second kappa shape index (κ2) is 6.58. The van der Waals surface area contributed by atoms with Crippen molar-refractivity contribution < 1.29 is 18.7 Å². The van der Waals surface area contributed by atoms with E-state index in [1.165, 1.54) is 11.8 Å². The highest BCUT2D eigenvalue weighted by molar-refractivity contribution is 7.99. The van der Waals surface area contributed by atoms with Crippen molar-refractivity contribution in [3.8, 4) is 11.5 Å². The van der Waals surface area contributed by atoms with Gasteiger partial charge >= 0.3 is 0 Å².